The third-order valence-corrected chi connectivity index (χ3v) is 1.94. The molecule has 12 heavy (non-hydrogen) atoms. The summed E-state index contributed by atoms with van der Waals surface area (Å²) in [7, 11) is 1.15. The van der Waals surface area contributed by atoms with E-state index in [1.54, 1.807) is 0 Å². The van der Waals surface area contributed by atoms with Gasteiger partial charge in [-0.1, -0.05) is 0 Å². The van der Waals surface area contributed by atoms with E-state index in [1.807, 2.05) is 0 Å². The van der Waals surface area contributed by atoms with Crippen molar-refractivity contribution >= 4 is 19.7 Å². The van der Waals surface area contributed by atoms with Gasteiger partial charge in [0.05, 0.1) is 12.4 Å². The van der Waals surface area contributed by atoms with Crippen LogP contribution >= 0.6 is 10.7 Å². The fraction of sp³-hybridized carbons (Fsp3) is 1.00. The molecule has 0 heterocycles. The number of alkyl halides is 2. The first-order valence-corrected chi connectivity index (χ1v) is 5.56. The first-order chi connectivity index (χ1) is 5.21. The Morgan fingerprint density at radius 2 is 2.00 bits per heavy atom. The normalized spacial score (nSPS) is 13.3. The molecular weight excluding hydrogens is 214 g/mol. The average molecular weight is 223 g/mol. The Bertz CT molecular complexity index is 221. The maximum absolute atomic E-state index is 12.0. The molecule has 0 radical (unpaired) electrons. The fourth-order valence-electron chi connectivity index (χ4n) is 0.410. The zero-order valence-corrected chi connectivity index (χ0v) is 7.96. The lowest BCUT2D eigenvalue weighted by Crippen LogP contribution is -2.20. The second-order valence-corrected chi connectivity index (χ2v) is 5.26. The molecule has 0 aliphatic rings. The van der Waals surface area contributed by atoms with Crippen molar-refractivity contribution in [3.05, 3.63) is 0 Å². The van der Waals surface area contributed by atoms with Gasteiger partial charge in [0.25, 0.3) is 5.92 Å². The lowest BCUT2D eigenvalue weighted by atomic mass is 10.4. The SMILES string of the molecule is CC(F)(F)COCCS(=O)(=O)Cl. The third-order valence-electron chi connectivity index (χ3n) is 0.827. The van der Waals surface area contributed by atoms with E-state index in [1.165, 1.54) is 0 Å². The Hall–Kier alpha value is 0.0600. The van der Waals surface area contributed by atoms with Crippen LogP contribution in [0, 0.1) is 0 Å². The monoisotopic (exact) mass is 222 g/mol. The van der Waals surface area contributed by atoms with Gasteiger partial charge in [-0.25, -0.2) is 17.2 Å². The summed E-state index contributed by atoms with van der Waals surface area (Å²) in [4.78, 5) is 0. The van der Waals surface area contributed by atoms with Crippen molar-refractivity contribution in [1.29, 1.82) is 0 Å². The highest BCUT2D eigenvalue weighted by Crippen LogP contribution is 2.11. The van der Waals surface area contributed by atoms with Gasteiger partial charge in [-0.05, 0) is 0 Å². The van der Waals surface area contributed by atoms with Gasteiger partial charge >= 0.3 is 0 Å². The average Bonchev–Trinajstić information content (AvgIpc) is 1.76. The van der Waals surface area contributed by atoms with E-state index >= 15 is 0 Å². The van der Waals surface area contributed by atoms with Gasteiger partial charge in [-0.2, -0.15) is 0 Å². The summed E-state index contributed by atoms with van der Waals surface area (Å²) in [5.41, 5.74) is 0. The molecule has 0 atom stereocenters. The van der Waals surface area contributed by atoms with Crippen molar-refractivity contribution in [2.24, 2.45) is 0 Å². The molecular formula is C5H9ClF2O3S. The number of hydrogen-bond donors (Lipinski definition) is 0. The van der Waals surface area contributed by atoms with Crippen molar-refractivity contribution in [2.75, 3.05) is 19.0 Å². The summed E-state index contributed by atoms with van der Waals surface area (Å²) >= 11 is 0. The zero-order chi connectivity index (χ0) is 9.83. The molecule has 3 nitrogen and oxygen atoms in total. The summed E-state index contributed by atoms with van der Waals surface area (Å²) in [5.74, 6) is -3.39. The van der Waals surface area contributed by atoms with Crippen LogP contribution in [-0.4, -0.2) is 33.3 Å². The van der Waals surface area contributed by atoms with Crippen LogP contribution in [0.4, 0.5) is 8.78 Å². The Labute approximate surface area is 74.1 Å². The van der Waals surface area contributed by atoms with E-state index in [4.69, 9.17) is 10.7 Å². The molecule has 0 unspecified atom stereocenters. The van der Waals surface area contributed by atoms with Crippen molar-refractivity contribution in [2.45, 2.75) is 12.8 Å². The van der Waals surface area contributed by atoms with Gasteiger partial charge in [-0.15, -0.1) is 0 Å². The maximum atomic E-state index is 12.0. The van der Waals surface area contributed by atoms with E-state index < -0.39 is 27.3 Å². The predicted octanol–water partition coefficient (Wildman–Crippen LogP) is 1.23. The molecule has 0 amide bonds. The maximum Gasteiger partial charge on any atom is 0.268 e. The smallest absolute Gasteiger partial charge is 0.268 e. The Morgan fingerprint density at radius 3 is 2.33 bits per heavy atom. The summed E-state index contributed by atoms with van der Waals surface area (Å²) < 4.78 is 48.9. The first-order valence-electron chi connectivity index (χ1n) is 3.09. The minimum Gasteiger partial charge on any atom is -0.374 e. The minimum absolute atomic E-state index is 0.310. The van der Waals surface area contributed by atoms with Crippen molar-refractivity contribution in [1.82, 2.24) is 0 Å². The number of rotatable bonds is 5. The molecule has 0 aromatic rings. The van der Waals surface area contributed by atoms with E-state index in [9.17, 15) is 17.2 Å². The molecule has 0 aliphatic carbocycles. The zero-order valence-electron chi connectivity index (χ0n) is 6.39. The molecule has 0 spiro atoms. The Balaban J connectivity index is 3.48. The van der Waals surface area contributed by atoms with Crippen LogP contribution in [0.25, 0.3) is 0 Å². The summed E-state index contributed by atoms with van der Waals surface area (Å²) in [6.07, 6.45) is 0. The second kappa shape index (κ2) is 4.34. The van der Waals surface area contributed by atoms with Gasteiger partial charge in [0.15, 0.2) is 0 Å². The largest absolute Gasteiger partial charge is 0.374 e. The van der Waals surface area contributed by atoms with Crippen LogP contribution in [-0.2, 0) is 13.8 Å². The molecule has 0 saturated carbocycles. The number of ether oxygens (including phenoxy) is 1. The highest BCUT2D eigenvalue weighted by molar-refractivity contribution is 8.13. The van der Waals surface area contributed by atoms with E-state index in [0.717, 1.165) is 0 Å². The fourth-order valence-corrected chi connectivity index (χ4v) is 0.916. The summed E-state index contributed by atoms with van der Waals surface area (Å²) in [6, 6.07) is 0. The Morgan fingerprint density at radius 1 is 1.50 bits per heavy atom. The van der Waals surface area contributed by atoms with E-state index in [-0.39, 0.29) is 6.61 Å². The van der Waals surface area contributed by atoms with Gasteiger partial charge in [0, 0.05) is 17.6 Å². The molecule has 0 saturated heterocycles. The number of halogens is 3. The van der Waals surface area contributed by atoms with Crippen molar-refractivity contribution in [3.8, 4) is 0 Å². The Kier molecular flexibility index (Phi) is 4.36. The molecule has 74 valence electrons. The molecule has 0 N–H and O–H groups in total. The van der Waals surface area contributed by atoms with Crippen molar-refractivity contribution in [3.63, 3.8) is 0 Å². The van der Waals surface area contributed by atoms with Crippen LogP contribution in [0.15, 0.2) is 0 Å². The molecule has 0 fully saturated rings. The van der Waals surface area contributed by atoms with Crippen LogP contribution in [0.3, 0.4) is 0 Å². The van der Waals surface area contributed by atoms with Gasteiger partial charge in [0.2, 0.25) is 9.05 Å². The summed E-state index contributed by atoms with van der Waals surface area (Å²) in [5, 5.41) is 0. The molecule has 0 aliphatic heterocycles. The topological polar surface area (TPSA) is 43.4 Å². The molecule has 0 aromatic heterocycles. The second-order valence-electron chi connectivity index (χ2n) is 2.37. The molecule has 0 aromatic carbocycles. The van der Waals surface area contributed by atoms with Gasteiger partial charge < -0.3 is 4.74 Å². The summed E-state index contributed by atoms with van der Waals surface area (Å²) in [6.45, 7) is -0.420. The highest BCUT2D eigenvalue weighted by Gasteiger charge is 2.21. The minimum atomic E-state index is -3.64. The third kappa shape index (κ3) is 10.1. The van der Waals surface area contributed by atoms with E-state index in [0.29, 0.717) is 6.92 Å². The molecule has 0 bridgehead atoms. The highest BCUT2D eigenvalue weighted by atomic mass is 35.7. The molecule has 7 heteroatoms. The predicted molar refractivity (Wildman–Crippen MR) is 41.1 cm³/mol. The quantitative estimate of drug-likeness (QED) is 0.519. The van der Waals surface area contributed by atoms with Gasteiger partial charge in [-0.3, -0.25) is 0 Å². The van der Waals surface area contributed by atoms with Crippen LogP contribution in [0.2, 0.25) is 0 Å². The van der Waals surface area contributed by atoms with Crippen LogP contribution in [0.1, 0.15) is 6.92 Å². The first kappa shape index (κ1) is 12.1. The van der Waals surface area contributed by atoms with Crippen molar-refractivity contribution < 1.29 is 21.9 Å². The van der Waals surface area contributed by atoms with Crippen LogP contribution < -0.4 is 0 Å². The lowest BCUT2D eigenvalue weighted by Gasteiger charge is -2.09. The number of hydrogen-bond acceptors (Lipinski definition) is 3. The van der Waals surface area contributed by atoms with E-state index in [2.05, 4.69) is 4.74 Å². The van der Waals surface area contributed by atoms with Crippen LogP contribution in [0.5, 0.6) is 0 Å². The standard InChI is InChI=1S/C5H9ClF2O3S/c1-5(7,8)4-11-2-3-12(6,9)10/h2-4H2,1H3. The lowest BCUT2D eigenvalue weighted by molar-refractivity contribution is -0.0590. The molecule has 0 rings (SSSR count). The van der Waals surface area contributed by atoms with Gasteiger partial charge in [0.1, 0.15) is 6.61 Å².